The van der Waals surface area contributed by atoms with Gasteiger partial charge in [0, 0.05) is 6.54 Å². The molecule has 0 heterocycles. The van der Waals surface area contributed by atoms with E-state index in [1.807, 2.05) is 0 Å². The zero-order valence-corrected chi connectivity index (χ0v) is 9.31. The molecule has 0 aliphatic heterocycles. The first kappa shape index (κ1) is 17.2. The van der Waals surface area contributed by atoms with Gasteiger partial charge in [-0.3, -0.25) is 0 Å². The molecule has 0 aliphatic rings. The summed E-state index contributed by atoms with van der Waals surface area (Å²) in [5.74, 6) is 0. The molecule has 0 saturated heterocycles. The van der Waals surface area contributed by atoms with Gasteiger partial charge in [0.25, 0.3) is 0 Å². The van der Waals surface area contributed by atoms with Crippen LogP contribution in [0.3, 0.4) is 0 Å². The van der Waals surface area contributed by atoms with Crippen LogP contribution >= 0.6 is 0 Å². The maximum Gasteiger partial charge on any atom is 0.0701 e. The summed E-state index contributed by atoms with van der Waals surface area (Å²) in [7, 11) is 1.80. The minimum Gasteiger partial charge on any atom is -0.395 e. The molecule has 0 amide bonds. The molecule has 0 radical (unpaired) electrons. The third kappa shape index (κ3) is 24.8. The van der Waals surface area contributed by atoms with Crippen molar-refractivity contribution in [2.24, 2.45) is 0 Å². The molecule has 0 aromatic carbocycles. The van der Waals surface area contributed by atoms with Crippen molar-refractivity contribution >= 4 is 0 Å². The predicted octanol–water partition coefficient (Wildman–Crippen LogP) is -1.80. The summed E-state index contributed by atoms with van der Waals surface area (Å²) in [4.78, 5) is 0. The molecule has 6 nitrogen and oxygen atoms in total. The minimum atomic E-state index is 0.0417. The minimum absolute atomic E-state index is 0.0417. The summed E-state index contributed by atoms with van der Waals surface area (Å²) in [5.41, 5.74) is 0. The quantitative estimate of drug-likeness (QED) is 0.346. The highest BCUT2D eigenvalue weighted by molar-refractivity contribution is 4.30. The maximum absolute atomic E-state index is 8.26. The molecule has 0 atom stereocenters. The van der Waals surface area contributed by atoms with E-state index in [1.165, 1.54) is 0 Å². The van der Waals surface area contributed by atoms with Gasteiger partial charge in [0.15, 0.2) is 0 Å². The van der Waals surface area contributed by atoms with Crippen LogP contribution in [0.2, 0.25) is 0 Å². The van der Waals surface area contributed by atoms with Crippen molar-refractivity contribution in [3.05, 3.63) is 0 Å². The molecule has 0 aromatic rings. The van der Waals surface area contributed by atoms with Crippen LogP contribution in [0, 0.1) is 0 Å². The molecule has 0 rings (SSSR count). The summed E-state index contributed by atoms with van der Waals surface area (Å²) < 4.78 is 9.75. The van der Waals surface area contributed by atoms with Gasteiger partial charge in [0.1, 0.15) is 0 Å². The van der Waals surface area contributed by atoms with E-state index in [0.29, 0.717) is 33.0 Å². The molecule has 0 fully saturated rings. The van der Waals surface area contributed by atoms with Crippen LogP contribution in [-0.4, -0.2) is 75.2 Å². The molecule has 0 bridgehead atoms. The number of ether oxygens (including phenoxy) is 2. The van der Waals surface area contributed by atoms with Gasteiger partial charge >= 0.3 is 0 Å². The van der Waals surface area contributed by atoms with Gasteiger partial charge in [-0.1, -0.05) is 0 Å². The molecule has 0 aliphatic carbocycles. The lowest BCUT2D eigenvalue weighted by Crippen LogP contribution is -2.10. The normalized spacial score (nSPS) is 9.60. The highest BCUT2D eigenvalue weighted by Crippen LogP contribution is 1.76. The Labute approximate surface area is 90.8 Å². The lowest BCUT2D eigenvalue weighted by Gasteiger charge is -2.01. The second kappa shape index (κ2) is 19.4. The van der Waals surface area contributed by atoms with Crippen LogP contribution in [0.5, 0.6) is 0 Å². The Kier molecular flexibility index (Phi) is 22.1. The van der Waals surface area contributed by atoms with Crippen LogP contribution in [0.15, 0.2) is 0 Å². The molecular formula is C9H23NO5. The SMILES string of the molecule is CNCCO.OCCOCCOCCO. The number of nitrogens with one attached hydrogen (secondary N) is 1. The van der Waals surface area contributed by atoms with Gasteiger partial charge in [0.2, 0.25) is 0 Å². The number of hydrogen-bond donors (Lipinski definition) is 4. The van der Waals surface area contributed by atoms with Crippen LogP contribution < -0.4 is 5.32 Å². The molecule has 4 N–H and O–H groups in total. The molecule has 94 valence electrons. The first-order chi connectivity index (χ1) is 7.33. The molecule has 0 spiro atoms. The van der Waals surface area contributed by atoms with E-state index in [9.17, 15) is 0 Å². The zero-order valence-electron chi connectivity index (χ0n) is 9.31. The van der Waals surface area contributed by atoms with Crippen molar-refractivity contribution < 1.29 is 24.8 Å². The number of likely N-dealkylation sites (N-methyl/N-ethyl adjacent to an activating group) is 1. The van der Waals surface area contributed by atoms with Crippen molar-refractivity contribution in [1.82, 2.24) is 5.32 Å². The Morgan fingerprint density at radius 2 is 1.27 bits per heavy atom. The summed E-state index contributed by atoms with van der Waals surface area (Å²) >= 11 is 0. The molecular weight excluding hydrogens is 202 g/mol. The van der Waals surface area contributed by atoms with E-state index in [0.717, 1.165) is 0 Å². The average Bonchev–Trinajstić information content (AvgIpc) is 2.25. The third-order valence-electron chi connectivity index (χ3n) is 1.21. The summed E-state index contributed by atoms with van der Waals surface area (Å²) in [5, 5.41) is 27.3. The highest BCUT2D eigenvalue weighted by Gasteiger charge is 1.86. The standard InChI is InChI=1S/C6H14O4.C3H9NO/c7-1-3-9-5-6-10-4-2-8;1-4-2-3-5/h7-8H,1-6H2;4-5H,2-3H2,1H3. The second-order valence-electron chi connectivity index (χ2n) is 2.50. The van der Waals surface area contributed by atoms with Crippen molar-refractivity contribution in [3.63, 3.8) is 0 Å². The number of aliphatic hydroxyl groups is 3. The van der Waals surface area contributed by atoms with Gasteiger partial charge in [-0.05, 0) is 7.05 Å². The molecule has 15 heavy (non-hydrogen) atoms. The fraction of sp³-hybridized carbons (Fsp3) is 1.00. The van der Waals surface area contributed by atoms with E-state index >= 15 is 0 Å². The zero-order chi connectivity index (χ0) is 11.8. The van der Waals surface area contributed by atoms with Crippen LogP contribution in [-0.2, 0) is 9.47 Å². The van der Waals surface area contributed by atoms with E-state index in [4.69, 9.17) is 24.8 Å². The molecule has 0 saturated carbocycles. The smallest absolute Gasteiger partial charge is 0.0701 e. The van der Waals surface area contributed by atoms with Gasteiger partial charge < -0.3 is 30.1 Å². The number of aliphatic hydroxyl groups excluding tert-OH is 3. The van der Waals surface area contributed by atoms with Crippen LogP contribution in [0.1, 0.15) is 0 Å². The highest BCUT2D eigenvalue weighted by atomic mass is 16.5. The summed E-state index contributed by atoms with van der Waals surface area (Å²) in [6, 6.07) is 0. The fourth-order valence-electron chi connectivity index (χ4n) is 0.563. The monoisotopic (exact) mass is 225 g/mol. The fourth-order valence-corrected chi connectivity index (χ4v) is 0.563. The van der Waals surface area contributed by atoms with E-state index in [1.54, 1.807) is 7.05 Å². The lowest BCUT2D eigenvalue weighted by molar-refractivity contribution is 0.0222. The Morgan fingerprint density at radius 1 is 0.800 bits per heavy atom. The lowest BCUT2D eigenvalue weighted by atomic mass is 10.7. The van der Waals surface area contributed by atoms with Gasteiger partial charge in [0.05, 0.1) is 46.2 Å². The van der Waals surface area contributed by atoms with E-state index < -0.39 is 0 Å². The van der Waals surface area contributed by atoms with Crippen molar-refractivity contribution in [2.45, 2.75) is 0 Å². The van der Waals surface area contributed by atoms with E-state index in [2.05, 4.69) is 5.32 Å². The predicted molar refractivity (Wildman–Crippen MR) is 56.8 cm³/mol. The number of hydrogen-bond acceptors (Lipinski definition) is 6. The second-order valence-corrected chi connectivity index (χ2v) is 2.50. The third-order valence-corrected chi connectivity index (χ3v) is 1.21. The molecule has 0 aromatic heterocycles. The Balaban J connectivity index is 0. The summed E-state index contributed by atoms with van der Waals surface area (Å²) in [6.45, 7) is 2.66. The maximum atomic E-state index is 8.26. The summed E-state index contributed by atoms with van der Waals surface area (Å²) in [6.07, 6.45) is 0. The van der Waals surface area contributed by atoms with Gasteiger partial charge in [-0.15, -0.1) is 0 Å². The van der Waals surface area contributed by atoms with E-state index in [-0.39, 0.29) is 19.8 Å². The first-order valence-electron chi connectivity index (χ1n) is 4.96. The molecule has 6 heteroatoms. The topological polar surface area (TPSA) is 91.2 Å². The molecule has 0 unspecified atom stereocenters. The van der Waals surface area contributed by atoms with Crippen molar-refractivity contribution in [2.75, 3.05) is 59.8 Å². The Hall–Kier alpha value is -0.240. The van der Waals surface area contributed by atoms with Crippen LogP contribution in [0.25, 0.3) is 0 Å². The average molecular weight is 225 g/mol. The Morgan fingerprint density at radius 3 is 1.47 bits per heavy atom. The van der Waals surface area contributed by atoms with Gasteiger partial charge in [-0.25, -0.2) is 0 Å². The number of rotatable bonds is 9. The van der Waals surface area contributed by atoms with Crippen molar-refractivity contribution in [3.8, 4) is 0 Å². The first-order valence-corrected chi connectivity index (χ1v) is 4.96. The van der Waals surface area contributed by atoms with Gasteiger partial charge in [-0.2, -0.15) is 0 Å². The van der Waals surface area contributed by atoms with Crippen molar-refractivity contribution in [1.29, 1.82) is 0 Å². The van der Waals surface area contributed by atoms with Crippen LogP contribution in [0.4, 0.5) is 0 Å². The largest absolute Gasteiger partial charge is 0.395 e. The Bertz CT molecular complexity index is 84.6.